The van der Waals surface area contributed by atoms with Crippen LogP contribution in [-0.4, -0.2) is 34.6 Å². The summed E-state index contributed by atoms with van der Waals surface area (Å²) in [5.41, 5.74) is -0.692. The molecule has 0 radical (unpaired) electrons. The van der Waals surface area contributed by atoms with E-state index in [4.69, 9.17) is 9.84 Å². The van der Waals surface area contributed by atoms with Crippen LogP contribution in [0.3, 0.4) is 0 Å². The van der Waals surface area contributed by atoms with Gasteiger partial charge in [-0.15, -0.1) is 0 Å². The number of hydrogen-bond donors (Lipinski definition) is 2. The Morgan fingerprint density at radius 3 is 2.28 bits per heavy atom. The van der Waals surface area contributed by atoms with Gasteiger partial charge in [-0.3, -0.25) is 4.79 Å². The highest BCUT2D eigenvalue weighted by Gasteiger charge is 2.22. The third-order valence-corrected chi connectivity index (χ3v) is 1.71. The summed E-state index contributed by atoms with van der Waals surface area (Å²) in [6.07, 6.45) is 1.88. The van der Waals surface area contributed by atoms with E-state index in [0.717, 1.165) is 0 Å². The molecule has 0 rings (SSSR count). The van der Waals surface area contributed by atoms with Crippen molar-refractivity contribution in [1.82, 2.24) is 5.32 Å². The number of allylic oxidation sites excluding steroid dienone is 1. The molecule has 0 saturated carbocycles. The molecule has 0 bridgehead atoms. The SMILES string of the molecule is CC(=O)/C=C/C[C@H](NC(=O)OC(C)(C)C)C(=O)O. The van der Waals surface area contributed by atoms with Gasteiger partial charge in [0.15, 0.2) is 5.78 Å². The van der Waals surface area contributed by atoms with E-state index in [-0.39, 0.29) is 12.2 Å². The van der Waals surface area contributed by atoms with E-state index in [2.05, 4.69) is 5.32 Å². The van der Waals surface area contributed by atoms with Gasteiger partial charge in [0.2, 0.25) is 0 Å². The maximum absolute atomic E-state index is 11.4. The summed E-state index contributed by atoms with van der Waals surface area (Å²) in [6, 6.07) is -1.12. The Balaban J connectivity index is 4.41. The lowest BCUT2D eigenvalue weighted by Gasteiger charge is -2.21. The first kappa shape index (κ1) is 16.1. The van der Waals surface area contributed by atoms with E-state index in [1.165, 1.54) is 19.1 Å². The lowest BCUT2D eigenvalue weighted by Crippen LogP contribution is -2.43. The second-order valence-corrected chi connectivity index (χ2v) is 4.79. The standard InChI is InChI=1S/C12H19NO5/c1-8(14)6-5-7-9(10(15)16)13-11(17)18-12(2,3)4/h5-6,9H,7H2,1-4H3,(H,13,17)(H,15,16)/b6-5+/t9-/m0/s1. The van der Waals surface area contributed by atoms with Gasteiger partial charge in [-0.2, -0.15) is 0 Å². The number of hydrogen-bond acceptors (Lipinski definition) is 4. The molecule has 18 heavy (non-hydrogen) atoms. The highest BCUT2D eigenvalue weighted by Crippen LogP contribution is 2.07. The quantitative estimate of drug-likeness (QED) is 0.728. The molecule has 0 spiro atoms. The summed E-state index contributed by atoms with van der Waals surface area (Å²) in [4.78, 5) is 32.9. The van der Waals surface area contributed by atoms with Crippen molar-refractivity contribution < 1.29 is 24.2 Å². The number of carbonyl (C=O) groups is 3. The van der Waals surface area contributed by atoms with Crippen LogP contribution in [0.2, 0.25) is 0 Å². The largest absolute Gasteiger partial charge is 0.480 e. The van der Waals surface area contributed by atoms with Gasteiger partial charge in [0.05, 0.1) is 0 Å². The van der Waals surface area contributed by atoms with Gasteiger partial charge in [0.25, 0.3) is 0 Å². The van der Waals surface area contributed by atoms with Crippen LogP contribution in [0.1, 0.15) is 34.1 Å². The number of carbonyl (C=O) groups excluding carboxylic acids is 2. The zero-order valence-corrected chi connectivity index (χ0v) is 11.0. The number of carboxylic acids is 1. The van der Waals surface area contributed by atoms with Crippen molar-refractivity contribution in [2.75, 3.05) is 0 Å². The molecule has 0 heterocycles. The van der Waals surface area contributed by atoms with E-state index >= 15 is 0 Å². The fourth-order valence-corrected chi connectivity index (χ4v) is 1.04. The smallest absolute Gasteiger partial charge is 0.408 e. The lowest BCUT2D eigenvalue weighted by atomic mass is 10.2. The van der Waals surface area contributed by atoms with Crippen LogP contribution in [0.25, 0.3) is 0 Å². The minimum absolute atomic E-state index is 0.0220. The minimum Gasteiger partial charge on any atom is -0.480 e. The number of rotatable bonds is 5. The van der Waals surface area contributed by atoms with Crippen molar-refractivity contribution in [2.45, 2.75) is 45.8 Å². The summed E-state index contributed by atoms with van der Waals surface area (Å²) in [6.45, 7) is 6.39. The van der Waals surface area contributed by atoms with Gasteiger partial charge in [0, 0.05) is 0 Å². The van der Waals surface area contributed by atoms with E-state index < -0.39 is 23.7 Å². The second-order valence-electron chi connectivity index (χ2n) is 4.79. The van der Waals surface area contributed by atoms with E-state index in [1.54, 1.807) is 20.8 Å². The van der Waals surface area contributed by atoms with Crippen molar-refractivity contribution in [3.8, 4) is 0 Å². The zero-order chi connectivity index (χ0) is 14.3. The number of amides is 1. The van der Waals surface area contributed by atoms with Crippen molar-refractivity contribution in [1.29, 1.82) is 0 Å². The summed E-state index contributed by atoms with van der Waals surface area (Å²) in [5, 5.41) is 11.1. The third-order valence-electron chi connectivity index (χ3n) is 1.71. The van der Waals surface area contributed by atoms with Crippen LogP contribution in [0.5, 0.6) is 0 Å². The van der Waals surface area contributed by atoms with E-state index in [0.29, 0.717) is 0 Å². The molecular weight excluding hydrogens is 238 g/mol. The van der Waals surface area contributed by atoms with Crippen molar-refractivity contribution in [2.24, 2.45) is 0 Å². The first-order chi connectivity index (χ1) is 8.11. The van der Waals surface area contributed by atoms with Crippen molar-refractivity contribution >= 4 is 17.8 Å². The van der Waals surface area contributed by atoms with Gasteiger partial charge in [-0.05, 0) is 40.2 Å². The summed E-state index contributed by atoms with van der Waals surface area (Å²) < 4.78 is 4.94. The average Bonchev–Trinajstić information content (AvgIpc) is 2.12. The van der Waals surface area contributed by atoms with Gasteiger partial charge in [-0.25, -0.2) is 9.59 Å². The monoisotopic (exact) mass is 257 g/mol. The molecule has 1 atom stereocenters. The maximum Gasteiger partial charge on any atom is 0.408 e. The van der Waals surface area contributed by atoms with Gasteiger partial charge in [-0.1, -0.05) is 6.08 Å². The highest BCUT2D eigenvalue weighted by molar-refractivity contribution is 5.87. The molecule has 0 aromatic carbocycles. The molecule has 0 aromatic rings. The van der Waals surface area contributed by atoms with Crippen LogP contribution in [0, 0.1) is 0 Å². The number of nitrogens with one attached hydrogen (secondary N) is 1. The number of ether oxygens (including phenoxy) is 1. The Bertz CT molecular complexity index is 354. The fraction of sp³-hybridized carbons (Fsp3) is 0.583. The Kier molecular flexibility index (Phi) is 6.08. The highest BCUT2D eigenvalue weighted by atomic mass is 16.6. The predicted octanol–water partition coefficient (Wildman–Crippen LogP) is 1.50. The molecule has 0 saturated heterocycles. The molecular formula is C12H19NO5. The van der Waals surface area contributed by atoms with E-state index in [9.17, 15) is 14.4 Å². The van der Waals surface area contributed by atoms with Gasteiger partial charge in [0.1, 0.15) is 11.6 Å². The molecule has 0 aliphatic rings. The summed E-state index contributed by atoms with van der Waals surface area (Å²) in [7, 11) is 0. The van der Waals surface area contributed by atoms with Crippen LogP contribution in [0.4, 0.5) is 4.79 Å². The van der Waals surface area contributed by atoms with Crippen LogP contribution in [-0.2, 0) is 14.3 Å². The molecule has 0 aliphatic carbocycles. The first-order valence-electron chi connectivity index (χ1n) is 5.51. The lowest BCUT2D eigenvalue weighted by molar-refractivity contribution is -0.139. The topological polar surface area (TPSA) is 92.7 Å². The fourth-order valence-electron chi connectivity index (χ4n) is 1.04. The molecule has 0 fully saturated rings. The summed E-state index contributed by atoms with van der Waals surface area (Å²) >= 11 is 0. The zero-order valence-electron chi connectivity index (χ0n) is 11.0. The molecule has 1 amide bonds. The summed E-state index contributed by atoms with van der Waals surface area (Å²) in [5.74, 6) is -1.37. The van der Waals surface area contributed by atoms with Crippen molar-refractivity contribution in [3.63, 3.8) is 0 Å². The molecule has 2 N–H and O–H groups in total. The van der Waals surface area contributed by atoms with Crippen LogP contribution in [0.15, 0.2) is 12.2 Å². The Labute approximate surface area is 106 Å². The van der Waals surface area contributed by atoms with Gasteiger partial charge >= 0.3 is 12.1 Å². The average molecular weight is 257 g/mol. The van der Waals surface area contributed by atoms with Gasteiger partial charge < -0.3 is 15.2 Å². The molecule has 0 unspecified atom stereocenters. The normalized spacial score (nSPS) is 13.1. The van der Waals surface area contributed by atoms with Crippen LogP contribution < -0.4 is 5.32 Å². The molecule has 0 aromatic heterocycles. The number of aliphatic carboxylic acids is 1. The molecule has 102 valence electrons. The van der Waals surface area contributed by atoms with E-state index in [1.807, 2.05) is 0 Å². The van der Waals surface area contributed by atoms with Crippen LogP contribution >= 0.6 is 0 Å². The number of carboxylic acid groups (broad SMARTS) is 1. The molecule has 6 heteroatoms. The number of ketones is 1. The maximum atomic E-state index is 11.4. The third kappa shape index (κ3) is 8.32. The Hall–Kier alpha value is -1.85. The Morgan fingerprint density at radius 1 is 1.33 bits per heavy atom. The minimum atomic E-state index is -1.19. The molecule has 6 nitrogen and oxygen atoms in total. The first-order valence-corrected chi connectivity index (χ1v) is 5.51. The molecule has 0 aliphatic heterocycles. The van der Waals surface area contributed by atoms with Crippen molar-refractivity contribution in [3.05, 3.63) is 12.2 Å². The predicted molar refractivity (Wildman–Crippen MR) is 65.2 cm³/mol. The Morgan fingerprint density at radius 2 is 1.89 bits per heavy atom. The number of alkyl carbamates (subject to hydrolysis) is 1. The second kappa shape index (κ2) is 6.78.